The Labute approximate surface area is 122 Å². The summed E-state index contributed by atoms with van der Waals surface area (Å²) in [4.78, 5) is 2.26. The zero-order valence-electron chi connectivity index (χ0n) is 13.7. The van der Waals surface area contributed by atoms with E-state index in [0.29, 0.717) is 31.7 Å². The highest BCUT2D eigenvalue weighted by Gasteiger charge is 2.18. The number of rotatable bonds is 7. The first-order chi connectivity index (χ1) is 10.0. The van der Waals surface area contributed by atoms with Gasteiger partial charge in [0, 0.05) is 15.8 Å². The first-order valence-corrected chi connectivity index (χ1v) is 7.58. The Morgan fingerprint density at radius 1 is 1.47 bits per heavy atom. The molecule has 0 unspecified atom stereocenters. The summed E-state index contributed by atoms with van der Waals surface area (Å²) in [6, 6.07) is 0. The van der Waals surface area contributed by atoms with Crippen molar-refractivity contribution in [2.45, 2.75) is 39.0 Å². The third-order valence-electron chi connectivity index (χ3n) is 3.09. The molecule has 0 aromatic carbocycles. The summed E-state index contributed by atoms with van der Waals surface area (Å²) in [6.07, 6.45) is 3.88. The van der Waals surface area contributed by atoms with Crippen molar-refractivity contribution >= 4 is 17.3 Å². The van der Waals surface area contributed by atoms with Crippen molar-refractivity contribution in [1.29, 1.82) is 0 Å². The van der Waals surface area contributed by atoms with Crippen molar-refractivity contribution in [3.8, 4) is 5.88 Å². The number of hydrogen-bond acceptors (Lipinski definition) is 5. The van der Waals surface area contributed by atoms with Gasteiger partial charge in [-0.2, -0.15) is 4.37 Å². The Hall–Kier alpha value is -0.940. The SMILES string of the molecule is [2H]C([2H])(CC)CCCOc1nsnc1C1=CCCN(C)C1. The van der Waals surface area contributed by atoms with Crippen LogP contribution in [0.25, 0.3) is 5.57 Å². The number of ether oxygens (including phenoxy) is 1. The van der Waals surface area contributed by atoms with E-state index in [1.807, 2.05) is 6.92 Å². The zero-order chi connectivity index (χ0) is 15.3. The standard InChI is InChI=1S/C14H23N3OS/c1-3-4-5-6-10-18-14-13(15-19-16-14)12-8-7-9-17(2)11-12/h8H,3-7,9-11H2,1-2H3/i4D2. The molecular formula is C14H23N3OS. The van der Waals surface area contributed by atoms with E-state index in [1.165, 1.54) is 17.3 Å². The molecule has 0 N–H and O–H groups in total. The van der Waals surface area contributed by atoms with Crippen molar-refractivity contribution in [2.24, 2.45) is 0 Å². The predicted molar refractivity (Wildman–Crippen MR) is 79.6 cm³/mol. The highest BCUT2D eigenvalue weighted by Crippen LogP contribution is 2.27. The van der Waals surface area contributed by atoms with Gasteiger partial charge in [-0.05, 0) is 25.5 Å². The van der Waals surface area contributed by atoms with Gasteiger partial charge in [-0.1, -0.05) is 32.2 Å². The molecular weight excluding hydrogens is 258 g/mol. The van der Waals surface area contributed by atoms with E-state index in [1.54, 1.807) is 0 Å². The van der Waals surface area contributed by atoms with Crippen LogP contribution < -0.4 is 4.74 Å². The lowest BCUT2D eigenvalue weighted by Crippen LogP contribution is -2.25. The van der Waals surface area contributed by atoms with Crippen LogP contribution in [0.4, 0.5) is 0 Å². The fraction of sp³-hybridized carbons (Fsp3) is 0.714. The van der Waals surface area contributed by atoms with E-state index >= 15 is 0 Å². The third-order valence-corrected chi connectivity index (χ3v) is 3.60. The lowest BCUT2D eigenvalue weighted by atomic mass is 10.1. The average Bonchev–Trinajstić information content (AvgIpc) is 2.92. The van der Waals surface area contributed by atoms with Gasteiger partial charge in [0.2, 0.25) is 0 Å². The lowest BCUT2D eigenvalue weighted by molar-refractivity contribution is 0.294. The second kappa shape index (κ2) is 7.60. The molecule has 0 amide bonds. The van der Waals surface area contributed by atoms with Crippen LogP contribution in [-0.4, -0.2) is 40.4 Å². The van der Waals surface area contributed by atoms with Gasteiger partial charge in [0.25, 0.3) is 5.88 Å². The van der Waals surface area contributed by atoms with Gasteiger partial charge in [0.05, 0.1) is 18.3 Å². The Kier molecular flexibility index (Phi) is 4.74. The maximum absolute atomic E-state index is 7.72. The molecule has 4 nitrogen and oxygen atoms in total. The summed E-state index contributed by atoms with van der Waals surface area (Å²) in [5.74, 6) is 0.596. The molecule has 1 aliphatic rings. The largest absolute Gasteiger partial charge is 0.475 e. The van der Waals surface area contributed by atoms with Crippen LogP contribution in [0.3, 0.4) is 0 Å². The highest BCUT2D eigenvalue weighted by atomic mass is 32.1. The van der Waals surface area contributed by atoms with Gasteiger partial charge in [-0.15, -0.1) is 4.37 Å². The molecule has 19 heavy (non-hydrogen) atoms. The molecule has 5 heteroatoms. The molecule has 1 aliphatic heterocycles. The van der Waals surface area contributed by atoms with Gasteiger partial charge < -0.3 is 9.64 Å². The first-order valence-electron chi connectivity index (χ1n) is 7.85. The van der Waals surface area contributed by atoms with E-state index in [-0.39, 0.29) is 0 Å². The van der Waals surface area contributed by atoms with Gasteiger partial charge in [-0.3, -0.25) is 0 Å². The average molecular weight is 283 g/mol. The predicted octanol–water partition coefficient (Wildman–Crippen LogP) is 3.22. The minimum Gasteiger partial charge on any atom is -0.475 e. The minimum absolute atomic E-state index is 0.487. The maximum Gasteiger partial charge on any atom is 0.253 e. The van der Waals surface area contributed by atoms with E-state index in [2.05, 4.69) is 26.8 Å². The summed E-state index contributed by atoms with van der Waals surface area (Å²) >= 11 is 1.17. The molecule has 0 bridgehead atoms. The molecule has 106 valence electrons. The van der Waals surface area contributed by atoms with Crippen LogP contribution in [-0.2, 0) is 0 Å². The molecule has 0 saturated carbocycles. The maximum atomic E-state index is 7.72. The topological polar surface area (TPSA) is 38.3 Å². The van der Waals surface area contributed by atoms with E-state index in [9.17, 15) is 0 Å². The van der Waals surface area contributed by atoms with E-state index in [4.69, 9.17) is 7.48 Å². The monoisotopic (exact) mass is 283 g/mol. The molecule has 1 aromatic rings. The van der Waals surface area contributed by atoms with Crippen LogP contribution in [0, 0.1) is 0 Å². The Bertz CT molecular complexity index is 490. The fourth-order valence-electron chi connectivity index (χ4n) is 2.08. The van der Waals surface area contributed by atoms with Crippen LogP contribution in [0.15, 0.2) is 6.08 Å². The normalized spacial score (nSPS) is 18.7. The Morgan fingerprint density at radius 2 is 2.37 bits per heavy atom. The number of likely N-dealkylation sites (N-methyl/N-ethyl adjacent to an activating group) is 1. The van der Waals surface area contributed by atoms with Crippen molar-refractivity contribution in [3.63, 3.8) is 0 Å². The summed E-state index contributed by atoms with van der Waals surface area (Å²) in [5.41, 5.74) is 2.03. The van der Waals surface area contributed by atoms with E-state index in [0.717, 1.165) is 25.2 Å². The molecule has 2 rings (SSSR count). The molecule has 0 saturated heterocycles. The van der Waals surface area contributed by atoms with Crippen molar-refractivity contribution in [1.82, 2.24) is 13.6 Å². The van der Waals surface area contributed by atoms with Gasteiger partial charge in [0.15, 0.2) is 0 Å². The third kappa shape index (κ3) is 4.28. The summed E-state index contributed by atoms with van der Waals surface area (Å²) < 4.78 is 29.7. The van der Waals surface area contributed by atoms with Crippen molar-refractivity contribution in [2.75, 3.05) is 26.7 Å². The van der Waals surface area contributed by atoms with Crippen LogP contribution >= 0.6 is 11.7 Å². The lowest BCUT2D eigenvalue weighted by Gasteiger charge is -2.22. The van der Waals surface area contributed by atoms with Crippen LogP contribution in [0.5, 0.6) is 5.88 Å². The molecule has 0 aliphatic carbocycles. The molecule has 0 radical (unpaired) electrons. The number of aromatic nitrogens is 2. The molecule has 2 heterocycles. The number of nitrogens with zero attached hydrogens (tertiary/aromatic N) is 3. The Balaban J connectivity index is 1.88. The molecule has 1 aromatic heterocycles. The zero-order valence-corrected chi connectivity index (χ0v) is 12.5. The molecule has 0 atom stereocenters. The highest BCUT2D eigenvalue weighted by molar-refractivity contribution is 6.99. The summed E-state index contributed by atoms with van der Waals surface area (Å²) in [7, 11) is 2.10. The Morgan fingerprint density at radius 3 is 3.16 bits per heavy atom. The van der Waals surface area contributed by atoms with Gasteiger partial charge in [-0.25, -0.2) is 0 Å². The quantitative estimate of drug-likeness (QED) is 0.720. The summed E-state index contributed by atoms with van der Waals surface area (Å²) in [6.45, 7) is 4.31. The van der Waals surface area contributed by atoms with Crippen LogP contribution in [0.1, 0.15) is 47.4 Å². The first kappa shape index (κ1) is 11.9. The smallest absolute Gasteiger partial charge is 0.253 e. The second-order valence-corrected chi connectivity index (χ2v) is 5.26. The summed E-state index contributed by atoms with van der Waals surface area (Å²) in [5, 5.41) is 0. The minimum atomic E-state index is -1.10. The molecule has 0 fully saturated rings. The van der Waals surface area contributed by atoms with Gasteiger partial charge >= 0.3 is 0 Å². The van der Waals surface area contributed by atoms with Crippen molar-refractivity contribution in [3.05, 3.63) is 11.8 Å². The van der Waals surface area contributed by atoms with Crippen molar-refractivity contribution < 1.29 is 7.48 Å². The van der Waals surface area contributed by atoms with Crippen LogP contribution in [0.2, 0.25) is 0 Å². The number of hydrogen-bond donors (Lipinski definition) is 0. The fourth-order valence-corrected chi connectivity index (χ4v) is 2.61. The van der Waals surface area contributed by atoms with E-state index < -0.39 is 6.37 Å². The molecule has 0 spiro atoms. The second-order valence-electron chi connectivity index (χ2n) is 4.73. The van der Waals surface area contributed by atoms with Gasteiger partial charge in [0.1, 0.15) is 5.69 Å².